The summed E-state index contributed by atoms with van der Waals surface area (Å²) < 4.78 is 10.8. The number of rotatable bonds is 7. The van der Waals surface area contributed by atoms with E-state index in [1.807, 2.05) is 9.80 Å². The molecule has 0 bridgehead atoms. The number of hydrogen-bond acceptors (Lipinski definition) is 8. The lowest BCUT2D eigenvalue weighted by molar-refractivity contribution is -0.227. The van der Waals surface area contributed by atoms with Crippen LogP contribution in [0, 0.1) is 0 Å². The van der Waals surface area contributed by atoms with Gasteiger partial charge in [0, 0.05) is 66.6 Å². The molecular formula is C14H26N4O4. The minimum atomic E-state index is -1.02. The SMILES string of the molecule is COC(C=O)N1CCN(C(C=O)(OC)N2CCNCC2)CC1. The number of hydrogen-bond donors (Lipinski definition) is 1. The molecule has 8 heteroatoms. The van der Waals surface area contributed by atoms with Crippen molar-refractivity contribution in [2.24, 2.45) is 0 Å². The Hall–Kier alpha value is -0.900. The van der Waals surface area contributed by atoms with Crippen LogP contribution in [0.25, 0.3) is 0 Å². The highest BCUT2D eigenvalue weighted by molar-refractivity contribution is 5.61. The summed E-state index contributed by atoms with van der Waals surface area (Å²) in [4.78, 5) is 28.9. The Labute approximate surface area is 131 Å². The maximum absolute atomic E-state index is 11.9. The topological polar surface area (TPSA) is 74.3 Å². The minimum Gasteiger partial charge on any atom is -0.359 e. The summed E-state index contributed by atoms with van der Waals surface area (Å²) in [6.07, 6.45) is 1.17. The highest BCUT2D eigenvalue weighted by atomic mass is 16.5. The van der Waals surface area contributed by atoms with Gasteiger partial charge in [0.2, 0.25) is 5.85 Å². The third kappa shape index (κ3) is 3.37. The van der Waals surface area contributed by atoms with Crippen molar-refractivity contribution in [2.45, 2.75) is 12.1 Å². The molecule has 2 aliphatic rings. The second kappa shape index (κ2) is 8.09. The Kier molecular flexibility index (Phi) is 6.42. The van der Waals surface area contributed by atoms with Gasteiger partial charge < -0.3 is 14.8 Å². The zero-order valence-electron chi connectivity index (χ0n) is 13.4. The molecule has 2 heterocycles. The van der Waals surface area contributed by atoms with Crippen LogP contribution in [0.1, 0.15) is 0 Å². The molecule has 22 heavy (non-hydrogen) atoms. The average molecular weight is 314 g/mol. The maximum Gasteiger partial charge on any atom is 0.238 e. The van der Waals surface area contributed by atoms with E-state index in [0.717, 1.165) is 38.8 Å². The summed E-state index contributed by atoms with van der Waals surface area (Å²) >= 11 is 0. The molecule has 0 radical (unpaired) electrons. The fraction of sp³-hybridized carbons (Fsp3) is 0.857. The number of carbonyl (C=O) groups is 2. The van der Waals surface area contributed by atoms with E-state index in [9.17, 15) is 9.59 Å². The van der Waals surface area contributed by atoms with E-state index in [1.54, 1.807) is 7.11 Å². The molecule has 0 aromatic carbocycles. The molecule has 2 saturated heterocycles. The molecule has 0 aromatic heterocycles. The molecule has 0 spiro atoms. The highest BCUT2D eigenvalue weighted by Gasteiger charge is 2.44. The Morgan fingerprint density at radius 3 is 2.05 bits per heavy atom. The standard InChI is InChI=1S/C14H26N4O4/c1-21-13(11-19)16-7-9-18(10-8-16)14(12-20,22-2)17-5-3-15-4-6-17/h11-13,15H,3-10H2,1-2H3. The number of ether oxygens (including phenoxy) is 2. The Balaban J connectivity index is 2.04. The summed E-state index contributed by atoms with van der Waals surface area (Å²) in [7, 11) is 3.10. The lowest BCUT2D eigenvalue weighted by Crippen LogP contribution is -2.69. The van der Waals surface area contributed by atoms with E-state index >= 15 is 0 Å². The quantitative estimate of drug-likeness (QED) is 0.551. The first-order chi connectivity index (χ1) is 10.7. The predicted molar refractivity (Wildman–Crippen MR) is 80.3 cm³/mol. The van der Waals surface area contributed by atoms with Gasteiger partial charge in [-0.2, -0.15) is 0 Å². The van der Waals surface area contributed by atoms with Crippen molar-refractivity contribution in [1.82, 2.24) is 20.0 Å². The largest absolute Gasteiger partial charge is 0.359 e. The second-order valence-corrected chi connectivity index (χ2v) is 5.50. The van der Waals surface area contributed by atoms with Gasteiger partial charge in [-0.1, -0.05) is 0 Å². The van der Waals surface area contributed by atoms with Gasteiger partial charge in [0.05, 0.1) is 0 Å². The number of aldehydes is 2. The summed E-state index contributed by atoms with van der Waals surface area (Å²) in [5, 5.41) is 3.28. The Morgan fingerprint density at radius 1 is 1.00 bits per heavy atom. The summed E-state index contributed by atoms with van der Waals surface area (Å²) in [5.74, 6) is -1.02. The summed E-state index contributed by atoms with van der Waals surface area (Å²) in [5.41, 5.74) is 0. The zero-order valence-corrected chi connectivity index (χ0v) is 13.4. The van der Waals surface area contributed by atoms with Crippen LogP contribution < -0.4 is 5.32 Å². The van der Waals surface area contributed by atoms with E-state index in [4.69, 9.17) is 9.47 Å². The van der Waals surface area contributed by atoms with Crippen molar-refractivity contribution in [2.75, 3.05) is 66.6 Å². The number of nitrogens with zero attached hydrogens (tertiary/aromatic N) is 3. The Bertz CT molecular complexity index is 370. The number of methoxy groups -OCH3 is 2. The van der Waals surface area contributed by atoms with Crippen molar-refractivity contribution >= 4 is 12.6 Å². The maximum atomic E-state index is 11.9. The molecule has 1 N–H and O–H groups in total. The van der Waals surface area contributed by atoms with E-state index in [-0.39, 0.29) is 0 Å². The van der Waals surface area contributed by atoms with Crippen LogP contribution in [-0.2, 0) is 19.1 Å². The molecule has 0 aliphatic carbocycles. The molecule has 0 amide bonds. The molecule has 0 aromatic rings. The first kappa shape index (κ1) is 17.5. The predicted octanol–water partition coefficient (Wildman–Crippen LogP) is -1.82. The number of nitrogens with one attached hydrogen (secondary N) is 1. The van der Waals surface area contributed by atoms with Crippen molar-refractivity contribution in [3.05, 3.63) is 0 Å². The average Bonchev–Trinajstić information content (AvgIpc) is 2.60. The van der Waals surface area contributed by atoms with Crippen LogP contribution in [0.15, 0.2) is 0 Å². The first-order valence-corrected chi connectivity index (χ1v) is 7.66. The van der Waals surface area contributed by atoms with E-state index in [2.05, 4.69) is 10.2 Å². The van der Waals surface area contributed by atoms with E-state index in [0.29, 0.717) is 26.2 Å². The van der Waals surface area contributed by atoms with Crippen molar-refractivity contribution in [1.29, 1.82) is 0 Å². The van der Waals surface area contributed by atoms with Gasteiger partial charge in [-0.05, 0) is 0 Å². The van der Waals surface area contributed by atoms with E-state index in [1.165, 1.54) is 7.11 Å². The van der Waals surface area contributed by atoms with E-state index < -0.39 is 12.1 Å². The van der Waals surface area contributed by atoms with Crippen molar-refractivity contribution in [3.63, 3.8) is 0 Å². The molecule has 2 unspecified atom stereocenters. The Morgan fingerprint density at radius 2 is 1.59 bits per heavy atom. The van der Waals surface area contributed by atoms with Crippen LogP contribution in [-0.4, -0.2) is 106 Å². The van der Waals surface area contributed by atoms with Crippen molar-refractivity contribution < 1.29 is 19.1 Å². The monoisotopic (exact) mass is 314 g/mol. The van der Waals surface area contributed by atoms with Crippen LogP contribution in [0.2, 0.25) is 0 Å². The van der Waals surface area contributed by atoms with Gasteiger partial charge >= 0.3 is 0 Å². The highest BCUT2D eigenvalue weighted by Crippen LogP contribution is 2.22. The van der Waals surface area contributed by atoms with Crippen LogP contribution >= 0.6 is 0 Å². The smallest absolute Gasteiger partial charge is 0.238 e. The normalized spacial score (nSPS) is 26.3. The van der Waals surface area contributed by atoms with Crippen LogP contribution in [0.4, 0.5) is 0 Å². The van der Waals surface area contributed by atoms with Gasteiger partial charge in [-0.15, -0.1) is 0 Å². The van der Waals surface area contributed by atoms with Gasteiger partial charge in [0.1, 0.15) is 0 Å². The lowest BCUT2D eigenvalue weighted by Gasteiger charge is -2.50. The molecule has 2 rings (SSSR count). The van der Waals surface area contributed by atoms with Crippen molar-refractivity contribution in [3.8, 4) is 0 Å². The van der Waals surface area contributed by atoms with Gasteiger partial charge in [-0.25, -0.2) is 0 Å². The second-order valence-electron chi connectivity index (χ2n) is 5.50. The fourth-order valence-electron chi connectivity index (χ4n) is 3.23. The van der Waals surface area contributed by atoms with Gasteiger partial charge in [0.15, 0.2) is 18.8 Å². The molecule has 2 aliphatic heterocycles. The molecule has 0 saturated carbocycles. The van der Waals surface area contributed by atoms with Gasteiger partial charge in [-0.3, -0.25) is 24.3 Å². The number of carbonyl (C=O) groups excluding carboxylic acids is 2. The summed E-state index contributed by atoms with van der Waals surface area (Å²) in [6.45, 7) is 5.81. The molecule has 2 atom stereocenters. The minimum absolute atomic E-state index is 0.519. The zero-order chi connectivity index (χ0) is 16.0. The van der Waals surface area contributed by atoms with Gasteiger partial charge in [0.25, 0.3) is 0 Å². The first-order valence-electron chi connectivity index (χ1n) is 7.66. The molecular weight excluding hydrogens is 288 g/mol. The lowest BCUT2D eigenvalue weighted by atomic mass is 10.2. The molecule has 8 nitrogen and oxygen atoms in total. The fourth-order valence-corrected chi connectivity index (χ4v) is 3.23. The number of piperazine rings is 2. The molecule has 126 valence electrons. The third-order valence-corrected chi connectivity index (χ3v) is 4.51. The van der Waals surface area contributed by atoms with Crippen LogP contribution in [0.3, 0.4) is 0 Å². The third-order valence-electron chi connectivity index (χ3n) is 4.51. The summed E-state index contributed by atoms with van der Waals surface area (Å²) in [6, 6.07) is 0. The molecule has 2 fully saturated rings. The van der Waals surface area contributed by atoms with Crippen LogP contribution in [0.5, 0.6) is 0 Å².